The van der Waals surface area contributed by atoms with E-state index < -0.39 is 15.9 Å². The Hall–Kier alpha value is -1.89. The summed E-state index contributed by atoms with van der Waals surface area (Å²) in [5.74, 6) is -0.501. The SMILES string of the molecule is CCC[C@H](C)CC(=O)NS(=O)(=O)c1ccc(CNC(C)=O)cc1. The fourth-order valence-electron chi connectivity index (χ4n) is 2.17. The van der Waals surface area contributed by atoms with Crippen LogP contribution in [0.4, 0.5) is 0 Å². The number of amides is 2. The average Bonchev–Trinajstić information content (AvgIpc) is 2.45. The molecule has 0 saturated heterocycles. The highest BCUT2D eigenvalue weighted by molar-refractivity contribution is 7.90. The predicted octanol–water partition coefficient (Wildman–Crippen LogP) is 1.95. The minimum Gasteiger partial charge on any atom is -0.352 e. The third-order valence-corrected chi connectivity index (χ3v) is 4.73. The van der Waals surface area contributed by atoms with Crippen LogP contribution in [0.5, 0.6) is 0 Å². The third-order valence-electron chi connectivity index (χ3n) is 3.34. The number of carbonyl (C=O) groups is 2. The molecule has 128 valence electrons. The molecule has 6 nitrogen and oxygen atoms in total. The van der Waals surface area contributed by atoms with Crippen LogP contribution in [0.3, 0.4) is 0 Å². The van der Waals surface area contributed by atoms with Gasteiger partial charge in [-0.05, 0) is 23.6 Å². The number of carbonyl (C=O) groups excluding carboxylic acids is 2. The van der Waals surface area contributed by atoms with E-state index in [1.54, 1.807) is 12.1 Å². The lowest BCUT2D eigenvalue weighted by Gasteiger charge is -2.11. The summed E-state index contributed by atoms with van der Waals surface area (Å²) in [5.41, 5.74) is 0.780. The van der Waals surface area contributed by atoms with E-state index in [0.29, 0.717) is 6.54 Å². The Kier molecular flexibility index (Phi) is 7.22. The fraction of sp³-hybridized carbons (Fsp3) is 0.500. The lowest BCUT2D eigenvalue weighted by molar-refractivity contribution is -0.120. The molecule has 0 unspecified atom stereocenters. The molecule has 1 rings (SSSR count). The van der Waals surface area contributed by atoms with E-state index >= 15 is 0 Å². The zero-order valence-electron chi connectivity index (χ0n) is 13.8. The van der Waals surface area contributed by atoms with Gasteiger partial charge < -0.3 is 5.32 Å². The molecule has 0 bridgehead atoms. The molecule has 0 aliphatic rings. The summed E-state index contributed by atoms with van der Waals surface area (Å²) in [7, 11) is -3.85. The summed E-state index contributed by atoms with van der Waals surface area (Å²) in [6.07, 6.45) is 2.02. The van der Waals surface area contributed by atoms with E-state index in [1.807, 2.05) is 13.8 Å². The summed E-state index contributed by atoms with van der Waals surface area (Å²) in [5, 5.41) is 2.63. The first-order valence-corrected chi connectivity index (χ1v) is 9.12. The van der Waals surface area contributed by atoms with Crippen molar-refractivity contribution in [3.8, 4) is 0 Å². The van der Waals surface area contributed by atoms with Crippen molar-refractivity contribution >= 4 is 21.8 Å². The number of hydrogen-bond acceptors (Lipinski definition) is 4. The van der Waals surface area contributed by atoms with Crippen LogP contribution in [-0.2, 0) is 26.2 Å². The molecule has 2 N–H and O–H groups in total. The second-order valence-electron chi connectivity index (χ2n) is 5.68. The average molecular weight is 340 g/mol. The lowest BCUT2D eigenvalue weighted by Crippen LogP contribution is -2.31. The Labute approximate surface area is 137 Å². The van der Waals surface area contributed by atoms with Gasteiger partial charge in [0.25, 0.3) is 10.0 Å². The van der Waals surface area contributed by atoms with Crippen LogP contribution in [-0.4, -0.2) is 20.2 Å². The molecular weight excluding hydrogens is 316 g/mol. The van der Waals surface area contributed by atoms with Crippen LogP contribution in [0, 0.1) is 5.92 Å². The molecule has 1 aromatic carbocycles. The number of benzene rings is 1. The molecule has 23 heavy (non-hydrogen) atoms. The van der Waals surface area contributed by atoms with Crippen LogP contribution in [0.15, 0.2) is 29.2 Å². The van der Waals surface area contributed by atoms with Gasteiger partial charge in [-0.15, -0.1) is 0 Å². The van der Waals surface area contributed by atoms with E-state index in [1.165, 1.54) is 19.1 Å². The lowest BCUT2D eigenvalue weighted by atomic mass is 10.0. The molecule has 1 atom stereocenters. The molecule has 0 saturated carbocycles. The van der Waals surface area contributed by atoms with Crippen molar-refractivity contribution in [3.63, 3.8) is 0 Å². The van der Waals surface area contributed by atoms with Gasteiger partial charge in [-0.25, -0.2) is 13.1 Å². The maximum atomic E-state index is 12.2. The molecule has 0 heterocycles. The predicted molar refractivity (Wildman–Crippen MR) is 88.0 cm³/mol. The largest absolute Gasteiger partial charge is 0.352 e. The number of hydrogen-bond donors (Lipinski definition) is 2. The van der Waals surface area contributed by atoms with Crippen molar-refractivity contribution < 1.29 is 18.0 Å². The van der Waals surface area contributed by atoms with Crippen LogP contribution in [0.1, 0.15) is 45.6 Å². The zero-order chi connectivity index (χ0) is 17.5. The van der Waals surface area contributed by atoms with E-state index in [2.05, 4.69) is 10.0 Å². The van der Waals surface area contributed by atoms with Gasteiger partial charge in [0.1, 0.15) is 0 Å². The highest BCUT2D eigenvalue weighted by atomic mass is 32.2. The summed E-state index contributed by atoms with van der Waals surface area (Å²) in [6, 6.07) is 6.05. The number of sulfonamides is 1. The molecule has 7 heteroatoms. The molecule has 0 fully saturated rings. The van der Waals surface area contributed by atoms with Crippen molar-refractivity contribution in [2.75, 3.05) is 0 Å². The summed E-state index contributed by atoms with van der Waals surface area (Å²) >= 11 is 0. The van der Waals surface area contributed by atoms with E-state index in [0.717, 1.165) is 18.4 Å². The first-order chi connectivity index (χ1) is 10.7. The molecule has 2 amide bonds. The Morgan fingerprint density at radius 1 is 1.17 bits per heavy atom. The van der Waals surface area contributed by atoms with Crippen molar-refractivity contribution in [3.05, 3.63) is 29.8 Å². The Bertz CT molecular complexity index is 639. The second kappa shape index (κ2) is 8.67. The smallest absolute Gasteiger partial charge is 0.264 e. The second-order valence-corrected chi connectivity index (χ2v) is 7.36. The van der Waals surface area contributed by atoms with Gasteiger partial charge in [-0.3, -0.25) is 9.59 Å². The van der Waals surface area contributed by atoms with Crippen LogP contribution in [0.25, 0.3) is 0 Å². The minimum atomic E-state index is -3.85. The molecule has 0 spiro atoms. The van der Waals surface area contributed by atoms with E-state index in [4.69, 9.17) is 0 Å². The van der Waals surface area contributed by atoms with Crippen molar-refractivity contribution in [1.29, 1.82) is 0 Å². The molecule has 0 radical (unpaired) electrons. The molecule has 0 aromatic heterocycles. The van der Waals surface area contributed by atoms with Crippen molar-refractivity contribution in [2.24, 2.45) is 5.92 Å². The van der Waals surface area contributed by atoms with Gasteiger partial charge in [0.15, 0.2) is 0 Å². The van der Waals surface area contributed by atoms with Gasteiger partial charge in [-0.2, -0.15) is 0 Å². The topological polar surface area (TPSA) is 92.3 Å². The molecular formula is C16H24N2O4S. The number of nitrogens with one attached hydrogen (secondary N) is 2. The van der Waals surface area contributed by atoms with Gasteiger partial charge in [0.2, 0.25) is 11.8 Å². The molecule has 0 aliphatic carbocycles. The number of rotatable bonds is 8. The first-order valence-electron chi connectivity index (χ1n) is 7.63. The van der Waals surface area contributed by atoms with Crippen molar-refractivity contribution in [2.45, 2.75) is 51.5 Å². The maximum Gasteiger partial charge on any atom is 0.264 e. The molecule has 1 aromatic rings. The standard InChI is InChI=1S/C16H24N2O4S/c1-4-5-12(2)10-16(20)18-23(21,22)15-8-6-14(7-9-15)11-17-13(3)19/h6-9,12H,4-5,10-11H2,1-3H3,(H,17,19)(H,18,20)/t12-/m0/s1. The summed E-state index contributed by atoms with van der Waals surface area (Å²) in [6.45, 7) is 5.69. The van der Waals surface area contributed by atoms with Gasteiger partial charge in [-0.1, -0.05) is 38.8 Å². The van der Waals surface area contributed by atoms with Crippen LogP contribution < -0.4 is 10.0 Å². The highest BCUT2D eigenvalue weighted by Crippen LogP contribution is 2.13. The van der Waals surface area contributed by atoms with Gasteiger partial charge >= 0.3 is 0 Å². The quantitative estimate of drug-likeness (QED) is 0.756. The minimum absolute atomic E-state index is 0.0283. The fourth-order valence-corrected chi connectivity index (χ4v) is 3.17. The van der Waals surface area contributed by atoms with Crippen LogP contribution in [0.2, 0.25) is 0 Å². The normalized spacial score (nSPS) is 12.5. The monoisotopic (exact) mass is 340 g/mol. The Morgan fingerprint density at radius 3 is 2.30 bits per heavy atom. The molecule has 0 aliphatic heterocycles. The highest BCUT2D eigenvalue weighted by Gasteiger charge is 2.18. The summed E-state index contributed by atoms with van der Waals surface area (Å²) in [4.78, 5) is 22.7. The van der Waals surface area contributed by atoms with Gasteiger partial charge in [0.05, 0.1) is 4.90 Å². The van der Waals surface area contributed by atoms with Crippen molar-refractivity contribution in [1.82, 2.24) is 10.0 Å². The van der Waals surface area contributed by atoms with E-state index in [-0.39, 0.29) is 23.1 Å². The maximum absolute atomic E-state index is 12.2. The van der Waals surface area contributed by atoms with E-state index in [9.17, 15) is 18.0 Å². The zero-order valence-corrected chi connectivity index (χ0v) is 14.6. The summed E-state index contributed by atoms with van der Waals surface area (Å²) < 4.78 is 26.4. The third kappa shape index (κ3) is 6.81. The Morgan fingerprint density at radius 2 is 1.78 bits per heavy atom. The van der Waals surface area contributed by atoms with Gasteiger partial charge in [0, 0.05) is 19.9 Å². The first kappa shape index (κ1) is 19.2. The Balaban J connectivity index is 2.69. The van der Waals surface area contributed by atoms with Crippen LogP contribution >= 0.6 is 0 Å².